The van der Waals surface area contributed by atoms with Crippen molar-refractivity contribution in [3.05, 3.63) is 64.7 Å². The number of fused-ring (bicyclic) bond motifs is 1. The molecule has 0 saturated heterocycles. The standard InChI is InChI=1S/C21H21N3O6/c1-22-20(29)23-21(12-25,15-6-3-13(4-7-15)19(27)28)11-24-10-14-5-8-16(30-2)9-17(14)18(24)26/h3-9,12H,10-11H2,1-2H3,(H,27,28)(H2,22,23,29). The molecule has 30 heavy (non-hydrogen) atoms. The third-order valence-corrected chi connectivity index (χ3v) is 5.05. The van der Waals surface area contributed by atoms with Crippen molar-refractivity contribution in [2.45, 2.75) is 12.1 Å². The largest absolute Gasteiger partial charge is 0.497 e. The van der Waals surface area contributed by atoms with Crippen molar-refractivity contribution in [1.29, 1.82) is 0 Å². The average molecular weight is 411 g/mol. The van der Waals surface area contributed by atoms with E-state index in [2.05, 4.69) is 10.6 Å². The van der Waals surface area contributed by atoms with Gasteiger partial charge in [0.2, 0.25) is 0 Å². The summed E-state index contributed by atoms with van der Waals surface area (Å²) in [6.45, 7) is 0.128. The lowest BCUT2D eigenvalue weighted by Crippen LogP contribution is -2.56. The van der Waals surface area contributed by atoms with Gasteiger partial charge >= 0.3 is 12.0 Å². The number of nitrogens with zero attached hydrogens (tertiary/aromatic N) is 1. The molecule has 9 nitrogen and oxygen atoms in total. The normalized spacial score (nSPS) is 14.5. The first-order valence-electron chi connectivity index (χ1n) is 9.10. The average Bonchev–Trinajstić information content (AvgIpc) is 3.07. The van der Waals surface area contributed by atoms with Gasteiger partial charge in [0.25, 0.3) is 5.91 Å². The van der Waals surface area contributed by atoms with Crippen LogP contribution in [0.1, 0.15) is 31.8 Å². The van der Waals surface area contributed by atoms with E-state index in [1.807, 2.05) is 0 Å². The Bertz CT molecular complexity index is 1000. The van der Waals surface area contributed by atoms with Gasteiger partial charge in [-0.15, -0.1) is 0 Å². The van der Waals surface area contributed by atoms with Crippen LogP contribution >= 0.6 is 0 Å². The number of nitrogens with one attached hydrogen (secondary N) is 2. The third-order valence-electron chi connectivity index (χ3n) is 5.05. The molecule has 1 unspecified atom stereocenters. The van der Waals surface area contributed by atoms with E-state index in [9.17, 15) is 19.2 Å². The van der Waals surface area contributed by atoms with Crippen LogP contribution in [0, 0.1) is 0 Å². The fraction of sp³-hybridized carbons (Fsp3) is 0.238. The lowest BCUT2D eigenvalue weighted by molar-refractivity contribution is -0.113. The van der Waals surface area contributed by atoms with Crippen LogP contribution in [0.3, 0.4) is 0 Å². The minimum atomic E-state index is -1.57. The Morgan fingerprint density at radius 3 is 2.50 bits per heavy atom. The highest BCUT2D eigenvalue weighted by Gasteiger charge is 2.40. The first kappa shape index (κ1) is 20.8. The molecule has 0 saturated carbocycles. The van der Waals surface area contributed by atoms with E-state index in [0.29, 0.717) is 23.2 Å². The van der Waals surface area contributed by atoms with E-state index >= 15 is 0 Å². The number of methoxy groups -OCH3 is 1. The van der Waals surface area contributed by atoms with Gasteiger partial charge in [-0.1, -0.05) is 18.2 Å². The molecular weight excluding hydrogens is 390 g/mol. The zero-order valence-corrected chi connectivity index (χ0v) is 16.5. The summed E-state index contributed by atoms with van der Waals surface area (Å²) >= 11 is 0. The molecule has 156 valence electrons. The quantitative estimate of drug-likeness (QED) is 0.591. The minimum absolute atomic E-state index is 0.0373. The van der Waals surface area contributed by atoms with E-state index in [4.69, 9.17) is 9.84 Å². The van der Waals surface area contributed by atoms with E-state index in [-0.39, 0.29) is 24.6 Å². The predicted octanol–water partition coefficient (Wildman–Crippen LogP) is 1.37. The summed E-state index contributed by atoms with van der Waals surface area (Å²) in [6.07, 6.45) is 0.550. The Kier molecular flexibility index (Phi) is 5.72. The molecule has 3 N–H and O–H groups in total. The lowest BCUT2D eigenvalue weighted by Gasteiger charge is -2.33. The lowest BCUT2D eigenvalue weighted by atomic mass is 9.90. The van der Waals surface area contributed by atoms with Gasteiger partial charge in [0, 0.05) is 19.2 Å². The first-order chi connectivity index (χ1) is 14.3. The second-order valence-corrected chi connectivity index (χ2v) is 6.86. The monoisotopic (exact) mass is 411 g/mol. The number of hydrogen-bond donors (Lipinski definition) is 3. The number of rotatable bonds is 7. The molecule has 0 aliphatic carbocycles. The number of benzene rings is 2. The zero-order valence-electron chi connectivity index (χ0n) is 16.5. The van der Waals surface area contributed by atoms with Crippen molar-refractivity contribution in [1.82, 2.24) is 15.5 Å². The van der Waals surface area contributed by atoms with Crippen molar-refractivity contribution in [2.24, 2.45) is 0 Å². The van der Waals surface area contributed by atoms with Crippen molar-refractivity contribution in [3.63, 3.8) is 0 Å². The summed E-state index contributed by atoms with van der Waals surface area (Å²) in [5, 5.41) is 14.1. The molecule has 3 rings (SSSR count). The molecule has 0 spiro atoms. The van der Waals surface area contributed by atoms with Gasteiger partial charge in [0.05, 0.1) is 19.2 Å². The molecular formula is C21H21N3O6. The number of ether oxygens (including phenoxy) is 1. The van der Waals surface area contributed by atoms with Gasteiger partial charge in [-0.05, 0) is 35.4 Å². The van der Waals surface area contributed by atoms with Gasteiger partial charge < -0.3 is 30.2 Å². The Balaban J connectivity index is 1.97. The molecule has 1 atom stereocenters. The Hall–Kier alpha value is -3.88. The Labute approximate surface area is 172 Å². The second-order valence-electron chi connectivity index (χ2n) is 6.86. The van der Waals surface area contributed by atoms with E-state index in [1.165, 1.54) is 43.3 Å². The summed E-state index contributed by atoms with van der Waals surface area (Å²) in [4.78, 5) is 49.9. The van der Waals surface area contributed by atoms with Gasteiger partial charge in [0.15, 0.2) is 6.29 Å². The van der Waals surface area contributed by atoms with Gasteiger partial charge in [-0.2, -0.15) is 0 Å². The number of carbonyl (C=O) groups excluding carboxylic acids is 3. The Morgan fingerprint density at radius 1 is 1.23 bits per heavy atom. The number of hydrogen-bond acceptors (Lipinski definition) is 5. The summed E-state index contributed by atoms with van der Waals surface area (Å²) < 4.78 is 5.17. The number of aldehydes is 1. The molecule has 0 aromatic heterocycles. The van der Waals surface area contributed by atoms with Crippen molar-refractivity contribution in [3.8, 4) is 5.75 Å². The highest BCUT2D eigenvalue weighted by Crippen LogP contribution is 2.30. The van der Waals surface area contributed by atoms with E-state index in [1.54, 1.807) is 18.2 Å². The number of carbonyl (C=O) groups is 4. The van der Waals surface area contributed by atoms with Crippen molar-refractivity contribution in [2.75, 3.05) is 20.7 Å². The molecule has 1 heterocycles. The topological polar surface area (TPSA) is 125 Å². The smallest absolute Gasteiger partial charge is 0.335 e. The predicted molar refractivity (Wildman–Crippen MR) is 106 cm³/mol. The number of carboxylic acids is 1. The Morgan fingerprint density at radius 2 is 1.93 bits per heavy atom. The van der Waals surface area contributed by atoms with Crippen LogP contribution in [0.2, 0.25) is 0 Å². The third kappa shape index (κ3) is 3.82. The zero-order chi connectivity index (χ0) is 21.9. The van der Waals surface area contributed by atoms with Gasteiger partial charge in [-0.3, -0.25) is 4.79 Å². The van der Waals surface area contributed by atoms with E-state index < -0.39 is 17.5 Å². The van der Waals surface area contributed by atoms with Crippen molar-refractivity contribution >= 4 is 24.2 Å². The van der Waals surface area contributed by atoms with Crippen LogP contribution in [0.25, 0.3) is 0 Å². The molecule has 1 aliphatic rings. The fourth-order valence-electron chi connectivity index (χ4n) is 3.41. The number of amides is 3. The summed E-state index contributed by atoms with van der Waals surface area (Å²) in [7, 11) is 2.91. The van der Waals surface area contributed by atoms with Crippen LogP contribution in [0.4, 0.5) is 4.79 Å². The molecule has 2 aromatic rings. The summed E-state index contributed by atoms with van der Waals surface area (Å²) in [5.41, 5.74) is 0.0681. The SMILES string of the molecule is CNC(=O)NC(C=O)(CN1Cc2ccc(OC)cc2C1=O)c1ccc(C(=O)O)cc1. The number of urea groups is 1. The van der Waals surface area contributed by atoms with E-state index in [0.717, 1.165) is 5.56 Å². The number of aromatic carboxylic acids is 1. The minimum Gasteiger partial charge on any atom is -0.497 e. The molecule has 3 amide bonds. The second kappa shape index (κ2) is 8.24. The molecule has 0 fully saturated rings. The maximum Gasteiger partial charge on any atom is 0.335 e. The number of carboxylic acid groups (broad SMARTS) is 1. The van der Waals surface area contributed by atoms with Gasteiger partial charge in [-0.25, -0.2) is 9.59 Å². The van der Waals surface area contributed by atoms with Crippen LogP contribution in [0.5, 0.6) is 5.75 Å². The van der Waals surface area contributed by atoms with Crippen LogP contribution in [0.15, 0.2) is 42.5 Å². The molecule has 9 heteroatoms. The first-order valence-corrected chi connectivity index (χ1v) is 9.10. The maximum absolute atomic E-state index is 12.9. The van der Waals surface area contributed by atoms with Gasteiger partial charge in [0.1, 0.15) is 11.3 Å². The summed E-state index contributed by atoms with van der Waals surface area (Å²) in [6, 6.07) is 10.1. The molecule has 1 aliphatic heterocycles. The molecule has 0 bridgehead atoms. The fourth-order valence-corrected chi connectivity index (χ4v) is 3.41. The highest BCUT2D eigenvalue weighted by atomic mass is 16.5. The van der Waals surface area contributed by atoms with Crippen LogP contribution < -0.4 is 15.4 Å². The van der Waals surface area contributed by atoms with Crippen molar-refractivity contribution < 1.29 is 29.0 Å². The van der Waals surface area contributed by atoms with Crippen LogP contribution in [-0.4, -0.2) is 54.9 Å². The summed E-state index contributed by atoms with van der Waals surface area (Å²) in [5.74, 6) is -0.869. The van der Waals surface area contributed by atoms with Crippen LogP contribution in [-0.2, 0) is 16.9 Å². The molecule has 0 radical (unpaired) electrons. The maximum atomic E-state index is 12.9. The highest BCUT2D eigenvalue weighted by molar-refractivity contribution is 5.99. The molecule has 2 aromatic carbocycles.